The molecular weight excluding hydrogens is 140 g/mol. The Labute approximate surface area is 65.4 Å². The number of nitrogens with zero attached hydrogens (tertiary/aromatic N) is 2. The fourth-order valence-corrected chi connectivity index (χ4v) is 0.750. The molecule has 0 radical (unpaired) electrons. The molecule has 0 bridgehead atoms. The summed E-state index contributed by atoms with van der Waals surface area (Å²) in [6, 6.07) is 5.53. The summed E-state index contributed by atoms with van der Waals surface area (Å²) >= 11 is 0. The number of aromatic nitrogens is 1. The molecule has 11 heavy (non-hydrogen) atoms. The number of rotatable bonds is 2. The van der Waals surface area contributed by atoms with Crippen LogP contribution in [0, 0.1) is 11.3 Å². The van der Waals surface area contributed by atoms with Gasteiger partial charge in [-0.05, 0) is 13.0 Å². The third kappa shape index (κ3) is 1.94. The minimum absolute atomic E-state index is 0.597. The van der Waals surface area contributed by atoms with Crippen LogP contribution in [0.15, 0.2) is 24.5 Å². The molecule has 1 aromatic rings. The van der Waals surface area contributed by atoms with Gasteiger partial charge >= 0.3 is 0 Å². The summed E-state index contributed by atoms with van der Waals surface area (Å²) in [6.45, 7) is 2.49. The van der Waals surface area contributed by atoms with E-state index in [0.717, 1.165) is 0 Å². The Bertz CT molecular complexity index is 278. The molecule has 0 aromatic carbocycles. The average Bonchev–Trinajstić information content (AvgIpc) is 2.06. The maximum Gasteiger partial charge on any atom is 0.240 e. The van der Waals surface area contributed by atoms with Crippen molar-refractivity contribution in [3.8, 4) is 6.07 Å². The van der Waals surface area contributed by atoms with Gasteiger partial charge in [-0.3, -0.25) is 4.84 Å². The van der Waals surface area contributed by atoms with Gasteiger partial charge in [-0.25, -0.2) is 0 Å². The highest BCUT2D eigenvalue weighted by Crippen LogP contribution is 1.88. The molecule has 0 saturated heterocycles. The lowest BCUT2D eigenvalue weighted by Crippen LogP contribution is -2.41. The molecule has 1 heterocycles. The maximum atomic E-state index is 8.51. The van der Waals surface area contributed by atoms with E-state index in [2.05, 4.69) is 0 Å². The van der Waals surface area contributed by atoms with Crippen molar-refractivity contribution in [2.24, 2.45) is 0 Å². The normalized spacial score (nSPS) is 8.73. The van der Waals surface area contributed by atoms with Gasteiger partial charge in [-0.2, -0.15) is 5.26 Å². The van der Waals surface area contributed by atoms with Crippen molar-refractivity contribution in [1.82, 2.24) is 0 Å². The first kappa shape index (κ1) is 7.55. The minimum atomic E-state index is 0.597. The summed E-state index contributed by atoms with van der Waals surface area (Å²) in [6.07, 6.45) is 3.40. The predicted molar refractivity (Wildman–Crippen MR) is 38.5 cm³/mol. The van der Waals surface area contributed by atoms with E-state index in [1.54, 1.807) is 24.5 Å². The van der Waals surface area contributed by atoms with Crippen LogP contribution < -0.4 is 9.57 Å². The van der Waals surface area contributed by atoms with Crippen LogP contribution in [-0.4, -0.2) is 6.61 Å². The second kappa shape index (κ2) is 3.57. The Morgan fingerprint density at radius 3 is 3.18 bits per heavy atom. The molecule has 0 spiro atoms. The molecule has 3 heteroatoms. The molecule has 0 unspecified atom stereocenters. The zero-order chi connectivity index (χ0) is 8.10. The van der Waals surface area contributed by atoms with Crippen molar-refractivity contribution in [3.05, 3.63) is 30.1 Å². The van der Waals surface area contributed by atoms with Crippen molar-refractivity contribution in [2.45, 2.75) is 6.92 Å². The molecule has 56 valence electrons. The van der Waals surface area contributed by atoms with Gasteiger partial charge in [0.25, 0.3) is 0 Å². The Hall–Kier alpha value is -1.56. The minimum Gasteiger partial charge on any atom is -0.272 e. The van der Waals surface area contributed by atoms with Crippen molar-refractivity contribution in [1.29, 1.82) is 5.26 Å². The monoisotopic (exact) mass is 149 g/mol. The van der Waals surface area contributed by atoms with Crippen LogP contribution in [0.2, 0.25) is 0 Å². The van der Waals surface area contributed by atoms with Crippen LogP contribution in [0.3, 0.4) is 0 Å². The molecule has 0 saturated carbocycles. The van der Waals surface area contributed by atoms with Crippen LogP contribution in [0.5, 0.6) is 0 Å². The van der Waals surface area contributed by atoms with Crippen molar-refractivity contribution >= 4 is 0 Å². The molecule has 0 amide bonds. The standard InChI is InChI=1S/C8H9N2O/c1-2-11-10-5-3-4-8(6-9)7-10/h3-5,7H,2H2,1H3/q+1. The van der Waals surface area contributed by atoms with Crippen LogP contribution in [0.25, 0.3) is 0 Å². The first-order valence-electron chi connectivity index (χ1n) is 3.41. The van der Waals surface area contributed by atoms with E-state index in [4.69, 9.17) is 10.1 Å². The lowest BCUT2D eigenvalue weighted by atomic mass is 10.3. The lowest BCUT2D eigenvalue weighted by Gasteiger charge is -1.91. The van der Waals surface area contributed by atoms with Gasteiger partial charge in [0.15, 0.2) is 6.61 Å². The molecule has 0 aliphatic carbocycles. The van der Waals surface area contributed by atoms with Gasteiger partial charge < -0.3 is 0 Å². The first-order chi connectivity index (χ1) is 5.36. The third-order valence-corrected chi connectivity index (χ3v) is 1.18. The first-order valence-corrected chi connectivity index (χ1v) is 3.41. The van der Waals surface area contributed by atoms with Crippen LogP contribution in [-0.2, 0) is 0 Å². The Balaban J connectivity index is 2.85. The van der Waals surface area contributed by atoms with E-state index in [9.17, 15) is 0 Å². The molecule has 0 aliphatic heterocycles. The van der Waals surface area contributed by atoms with Gasteiger partial charge in [-0.15, -0.1) is 0 Å². The molecule has 0 aliphatic rings. The predicted octanol–water partition coefficient (Wildman–Crippen LogP) is 0.294. The van der Waals surface area contributed by atoms with Gasteiger partial charge in [0.2, 0.25) is 12.4 Å². The molecule has 0 N–H and O–H groups in total. The van der Waals surface area contributed by atoms with Gasteiger partial charge in [0, 0.05) is 10.8 Å². The van der Waals surface area contributed by atoms with Crippen molar-refractivity contribution in [3.63, 3.8) is 0 Å². The van der Waals surface area contributed by atoms with Gasteiger partial charge in [0.1, 0.15) is 11.6 Å². The molecule has 0 atom stereocenters. The van der Waals surface area contributed by atoms with Crippen molar-refractivity contribution < 1.29 is 9.57 Å². The second-order valence-corrected chi connectivity index (χ2v) is 1.98. The molecule has 1 rings (SSSR count). The number of hydrogen-bond donors (Lipinski definition) is 0. The second-order valence-electron chi connectivity index (χ2n) is 1.98. The van der Waals surface area contributed by atoms with Crippen LogP contribution in [0.4, 0.5) is 0 Å². The van der Waals surface area contributed by atoms with Gasteiger partial charge in [0.05, 0.1) is 0 Å². The van der Waals surface area contributed by atoms with E-state index in [-0.39, 0.29) is 0 Å². The topological polar surface area (TPSA) is 36.9 Å². The highest BCUT2D eigenvalue weighted by molar-refractivity contribution is 5.21. The van der Waals surface area contributed by atoms with E-state index >= 15 is 0 Å². The maximum absolute atomic E-state index is 8.51. The number of pyridine rings is 1. The molecule has 0 fully saturated rings. The summed E-state index contributed by atoms with van der Waals surface area (Å²) in [7, 11) is 0. The van der Waals surface area contributed by atoms with E-state index in [0.29, 0.717) is 12.2 Å². The Kier molecular flexibility index (Phi) is 2.45. The van der Waals surface area contributed by atoms with Crippen LogP contribution >= 0.6 is 0 Å². The highest BCUT2D eigenvalue weighted by atomic mass is 16.7. The summed E-state index contributed by atoms with van der Waals surface area (Å²) in [5, 5.41) is 8.51. The molecular formula is C8H9N2O+. The quantitative estimate of drug-likeness (QED) is 0.567. The summed E-state index contributed by atoms with van der Waals surface area (Å²) in [5.74, 6) is 0. The number of nitriles is 1. The largest absolute Gasteiger partial charge is 0.272 e. The molecule has 3 nitrogen and oxygen atoms in total. The SMILES string of the molecule is CCO[n+]1cccc(C#N)c1. The Morgan fingerprint density at radius 1 is 1.73 bits per heavy atom. The zero-order valence-corrected chi connectivity index (χ0v) is 6.32. The fraction of sp³-hybridized carbons (Fsp3) is 0.250. The van der Waals surface area contributed by atoms with Crippen molar-refractivity contribution in [2.75, 3.05) is 6.61 Å². The smallest absolute Gasteiger partial charge is 0.240 e. The lowest BCUT2D eigenvalue weighted by molar-refractivity contribution is -0.891. The summed E-state index contributed by atoms with van der Waals surface area (Å²) in [5.41, 5.74) is 0.598. The average molecular weight is 149 g/mol. The van der Waals surface area contributed by atoms with Gasteiger partial charge in [-0.1, -0.05) is 0 Å². The van der Waals surface area contributed by atoms with Crippen LogP contribution in [0.1, 0.15) is 12.5 Å². The molecule has 1 aromatic heterocycles. The zero-order valence-electron chi connectivity index (χ0n) is 6.32. The number of hydrogen-bond acceptors (Lipinski definition) is 2. The van der Waals surface area contributed by atoms with E-state index in [1.165, 1.54) is 4.73 Å². The highest BCUT2D eigenvalue weighted by Gasteiger charge is 2.00. The van der Waals surface area contributed by atoms with E-state index in [1.807, 2.05) is 13.0 Å². The van der Waals surface area contributed by atoms with E-state index < -0.39 is 0 Å². The summed E-state index contributed by atoms with van der Waals surface area (Å²) < 4.78 is 1.53. The third-order valence-electron chi connectivity index (χ3n) is 1.18. The summed E-state index contributed by atoms with van der Waals surface area (Å²) in [4.78, 5) is 5.11. The Morgan fingerprint density at radius 2 is 2.55 bits per heavy atom. The fourth-order valence-electron chi connectivity index (χ4n) is 0.750.